The van der Waals surface area contributed by atoms with Crippen LogP contribution in [0.2, 0.25) is 0 Å². The summed E-state index contributed by atoms with van der Waals surface area (Å²) in [5.41, 5.74) is -0.904. The van der Waals surface area contributed by atoms with E-state index >= 15 is 8.78 Å². The molecule has 0 saturated carbocycles. The van der Waals surface area contributed by atoms with Crippen molar-refractivity contribution in [3.63, 3.8) is 0 Å². The molecule has 0 unspecified atom stereocenters. The Hall–Kier alpha value is -3.79. The number of carbonyl (C=O) groups is 2. The van der Waals surface area contributed by atoms with Crippen LogP contribution in [0, 0.1) is 13.8 Å². The number of aryl methyl sites for hydroxylation is 2. The fourth-order valence-electron chi connectivity index (χ4n) is 5.29. The topological polar surface area (TPSA) is 118 Å². The number of hydrogen-bond acceptors (Lipinski definition) is 7. The molecule has 2 aliphatic rings. The molecule has 1 fully saturated rings. The van der Waals surface area contributed by atoms with Gasteiger partial charge in [0.1, 0.15) is 22.7 Å². The molecule has 0 aliphatic carbocycles. The Labute approximate surface area is 263 Å². The van der Waals surface area contributed by atoms with Crippen molar-refractivity contribution < 1.29 is 49.4 Å². The lowest BCUT2D eigenvalue weighted by molar-refractivity contribution is -0.274. The Morgan fingerprint density at radius 3 is 2.17 bits per heavy atom. The Bertz CT molecular complexity index is 1640. The Morgan fingerprint density at radius 2 is 1.63 bits per heavy atom. The van der Waals surface area contributed by atoms with Gasteiger partial charge >= 0.3 is 17.7 Å². The van der Waals surface area contributed by atoms with Crippen LogP contribution in [0.5, 0.6) is 5.75 Å². The number of carbonyl (C=O) groups excluding carboxylic acids is 2. The summed E-state index contributed by atoms with van der Waals surface area (Å²) in [4.78, 5) is 31.0. The number of nitrogens with zero attached hydrogens (tertiary/aromatic N) is 3. The van der Waals surface area contributed by atoms with E-state index in [-0.39, 0.29) is 29.8 Å². The Morgan fingerprint density at radius 1 is 1.04 bits per heavy atom. The van der Waals surface area contributed by atoms with E-state index in [4.69, 9.17) is 4.74 Å². The number of piperidine rings is 1. The van der Waals surface area contributed by atoms with E-state index in [9.17, 15) is 31.2 Å². The molecule has 252 valence electrons. The highest BCUT2D eigenvalue weighted by atomic mass is 32.2. The minimum Gasteiger partial charge on any atom is -0.443 e. The Kier molecular flexibility index (Phi) is 9.22. The summed E-state index contributed by atoms with van der Waals surface area (Å²) >= 11 is 0. The second kappa shape index (κ2) is 12.1. The van der Waals surface area contributed by atoms with Crippen LogP contribution in [0.4, 0.5) is 32.4 Å². The minimum absolute atomic E-state index is 0.0361. The second-order valence-corrected chi connectivity index (χ2v) is 14.4. The van der Waals surface area contributed by atoms with Crippen LogP contribution >= 0.6 is 0 Å². The molecule has 16 heteroatoms. The average molecular weight is 675 g/mol. The monoisotopic (exact) mass is 674 g/mol. The number of ether oxygens (including phenoxy) is 2. The first-order chi connectivity index (χ1) is 21.0. The minimum atomic E-state index is -5.19. The van der Waals surface area contributed by atoms with Gasteiger partial charge in [-0.3, -0.25) is 14.7 Å². The molecule has 46 heavy (non-hydrogen) atoms. The summed E-state index contributed by atoms with van der Waals surface area (Å²) in [7, 11) is -3.72. The van der Waals surface area contributed by atoms with E-state index in [1.165, 1.54) is 36.2 Å². The molecule has 0 radical (unpaired) electrons. The fraction of sp³-hybridized carbons (Fsp3) is 0.500. The van der Waals surface area contributed by atoms with E-state index in [1.54, 1.807) is 34.6 Å². The number of hydrogen-bond donors (Lipinski definition) is 1. The number of halogens is 5. The van der Waals surface area contributed by atoms with Crippen molar-refractivity contribution in [1.29, 1.82) is 0 Å². The summed E-state index contributed by atoms with van der Waals surface area (Å²) in [5, 5.41) is -1.71. The van der Waals surface area contributed by atoms with Crippen LogP contribution in [-0.2, 0) is 26.0 Å². The van der Waals surface area contributed by atoms with Crippen LogP contribution < -0.4 is 15.0 Å². The van der Waals surface area contributed by atoms with Crippen LogP contribution in [0.25, 0.3) is 0 Å². The maximum atomic E-state index is 15.6. The summed E-state index contributed by atoms with van der Waals surface area (Å²) in [6.07, 6.45) is -7.14. The molecule has 0 aromatic heterocycles. The molecule has 1 spiro atoms. The predicted molar refractivity (Wildman–Crippen MR) is 159 cm³/mol. The van der Waals surface area contributed by atoms with Gasteiger partial charge in [0.2, 0.25) is 0 Å². The first-order valence-electron chi connectivity index (χ1n) is 14.3. The van der Waals surface area contributed by atoms with E-state index in [2.05, 4.69) is 15.0 Å². The Balaban J connectivity index is 1.48. The van der Waals surface area contributed by atoms with E-state index in [0.717, 1.165) is 12.1 Å². The average Bonchev–Trinajstić information content (AvgIpc) is 3.23. The van der Waals surface area contributed by atoms with Gasteiger partial charge in [0.15, 0.2) is 0 Å². The quantitative estimate of drug-likeness (QED) is 0.391. The molecule has 10 nitrogen and oxygen atoms in total. The zero-order valence-corrected chi connectivity index (χ0v) is 26.9. The molecule has 2 amide bonds. The summed E-state index contributed by atoms with van der Waals surface area (Å²) in [6, 6.07) is 7.81. The van der Waals surface area contributed by atoms with Gasteiger partial charge in [0, 0.05) is 31.4 Å². The van der Waals surface area contributed by atoms with Gasteiger partial charge in [-0.2, -0.15) is 13.1 Å². The summed E-state index contributed by atoms with van der Waals surface area (Å²) < 4.78 is 105. The lowest BCUT2D eigenvalue weighted by Crippen LogP contribution is -2.53. The van der Waals surface area contributed by atoms with Gasteiger partial charge < -0.3 is 14.8 Å². The normalized spacial score (nSPS) is 17.5. The van der Waals surface area contributed by atoms with Gasteiger partial charge in [-0.15, -0.1) is 13.2 Å². The van der Waals surface area contributed by atoms with Gasteiger partial charge in [0.25, 0.3) is 15.9 Å². The molecule has 0 bridgehead atoms. The molecule has 2 aliphatic heterocycles. The third-order valence-electron chi connectivity index (χ3n) is 7.71. The first-order valence-corrected chi connectivity index (χ1v) is 15.7. The number of sulfonamides is 1. The number of aliphatic imine (C=N–C) groups is 1. The SMILES string of the molecule is Cc1cc(N(C)C(=O)OC(C)(C)C)cc(C)c1CC(F)(F)S(=O)(=O)N1CCC2(CC1)N=C(c1cccc(OC(F)(F)F)c1)NC2=O. The largest absolute Gasteiger partial charge is 0.573 e. The number of benzene rings is 2. The van der Waals surface area contributed by atoms with Crippen LogP contribution in [0.3, 0.4) is 0 Å². The number of amidine groups is 1. The summed E-state index contributed by atoms with van der Waals surface area (Å²) in [5.74, 6) is -1.18. The molecule has 2 heterocycles. The molecule has 4 rings (SSSR count). The number of anilines is 1. The number of rotatable bonds is 7. The van der Waals surface area contributed by atoms with Crippen molar-refractivity contribution in [3.05, 3.63) is 58.7 Å². The lowest BCUT2D eigenvalue weighted by atomic mass is 9.89. The van der Waals surface area contributed by atoms with Crippen molar-refractivity contribution in [2.45, 2.75) is 76.6 Å². The third kappa shape index (κ3) is 7.43. The van der Waals surface area contributed by atoms with E-state index in [0.29, 0.717) is 21.1 Å². The highest BCUT2D eigenvalue weighted by Gasteiger charge is 2.54. The predicted octanol–water partition coefficient (Wildman–Crippen LogP) is 5.45. The van der Waals surface area contributed by atoms with Crippen molar-refractivity contribution in [1.82, 2.24) is 9.62 Å². The van der Waals surface area contributed by atoms with Gasteiger partial charge in [-0.25, -0.2) is 13.2 Å². The molecular formula is C30H35F5N4O6S. The maximum absolute atomic E-state index is 15.6. The van der Waals surface area contributed by atoms with Crippen molar-refractivity contribution in [2.24, 2.45) is 4.99 Å². The molecule has 1 N–H and O–H groups in total. The third-order valence-corrected chi connectivity index (χ3v) is 9.65. The number of nitrogens with one attached hydrogen (secondary N) is 1. The van der Waals surface area contributed by atoms with E-state index in [1.807, 2.05) is 0 Å². The van der Waals surface area contributed by atoms with Crippen LogP contribution in [0.1, 0.15) is 55.9 Å². The number of alkyl halides is 5. The van der Waals surface area contributed by atoms with Crippen molar-refractivity contribution >= 4 is 33.5 Å². The molecule has 2 aromatic rings. The summed E-state index contributed by atoms with van der Waals surface area (Å²) in [6.45, 7) is 7.33. The van der Waals surface area contributed by atoms with Crippen molar-refractivity contribution in [3.8, 4) is 5.75 Å². The standard InChI is InChI=1S/C30H35F5N4O6S/c1-18-14-21(38(6)26(41)45-27(3,4)5)15-19(2)23(18)17-29(31,32)46(42,43)39-12-10-28(11-13-39)25(40)36-24(37-28)20-8-7-9-22(16-20)44-30(33,34)35/h7-9,14-16H,10-13,17H2,1-6H3,(H,36,37,40). The van der Waals surface area contributed by atoms with Crippen molar-refractivity contribution in [2.75, 3.05) is 25.0 Å². The van der Waals surface area contributed by atoms with Gasteiger partial charge in [-0.05, 0) is 88.4 Å². The van der Waals surface area contributed by atoms with Gasteiger partial charge in [-0.1, -0.05) is 12.1 Å². The van der Waals surface area contributed by atoms with E-state index < -0.39 is 70.0 Å². The van der Waals surface area contributed by atoms with Gasteiger partial charge in [0.05, 0.1) is 6.42 Å². The van der Waals surface area contributed by atoms with Crippen LogP contribution in [0.15, 0.2) is 41.4 Å². The lowest BCUT2D eigenvalue weighted by Gasteiger charge is -2.36. The zero-order chi connectivity index (χ0) is 34.5. The first kappa shape index (κ1) is 35.1. The highest BCUT2D eigenvalue weighted by Crippen LogP contribution is 2.38. The molecule has 1 saturated heterocycles. The maximum Gasteiger partial charge on any atom is 0.573 e. The molecule has 2 aromatic carbocycles. The smallest absolute Gasteiger partial charge is 0.443 e. The second-order valence-electron chi connectivity index (χ2n) is 12.3. The van der Waals surface area contributed by atoms with Crippen LogP contribution in [-0.4, -0.2) is 73.5 Å². The number of amides is 2. The molecule has 0 atom stereocenters. The molecular weight excluding hydrogens is 639 g/mol. The fourth-order valence-corrected chi connectivity index (χ4v) is 6.66. The highest BCUT2D eigenvalue weighted by molar-refractivity contribution is 7.90. The zero-order valence-electron chi connectivity index (χ0n) is 26.1.